The van der Waals surface area contributed by atoms with Crippen LogP contribution in [0.5, 0.6) is 5.75 Å². The number of ether oxygens (including phenoxy) is 1. The third-order valence-electron chi connectivity index (χ3n) is 6.34. The SMILES string of the molecule is COc1ccccc1[C@H]1C[C@H](C(F)(F)F)n2ncc(C(=O)N3CCCc4ccccc43)c2N1. The minimum atomic E-state index is -4.53. The fourth-order valence-electron chi connectivity index (χ4n) is 4.77. The van der Waals surface area contributed by atoms with E-state index in [4.69, 9.17) is 4.74 Å². The van der Waals surface area contributed by atoms with Gasteiger partial charge < -0.3 is 15.0 Å². The predicted octanol–water partition coefficient (Wildman–Crippen LogP) is 5.15. The molecule has 6 nitrogen and oxygen atoms in total. The number of carbonyl (C=O) groups excluding carboxylic acids is 1. The number of rotatable bonds is 3. The Morgan fingerprint density at radius 2 is 1.91 bits per heavy atom. The predicted molar refractivity (Wildman–Crippen MR) is 118 cm³/mol. The van der Waals surface area contributed by atoms with E-state index in [0.717, 1.165) is 28.8 Å². The van der Waals surface area contributed by atoms with Crippen LogP contribution in [0, 0.1) is 0 Å². The molecule has 2 aliphatic heterocycles. The fourth-order valence-corrected chi connectivity index (χ4v) is 4.77. The van der Waals surface area contributed by atoms with Crippen molar-refractivity contribution in [3.05, 3.63) is 71.4 Å². The monoisotopic (exact) mass is 456 g/mol. The number of para-hydroxylation sites is 2. The molecular weight excluding hydrogens is 433 g/mol. The maximum atomic E-state index is 14.0. The topological polar surface area (TPSA) is 59.4 Å². The highest BCUT2D eigenvalue weighted by molar-refractivity contribution is 6.09. The third-order valence-corrected chi connectivity index (χ3v) is 6.34. The molecule has 5 rings (SSSR count). The molecule has 1 N–H and O–H groups in total. The Bertz CT molecular complexity index is 1190. The molecule has 2 aromatic carbocycles. The second-order valence-corrected chi connectivity index (χ2v) is 8.27. The molecule has 0 spiro atoms. The van der Waals surface area contributed by atoms with E-state index < -0.39 is 18.3 Å². The first-order chi connectivity index (χ1) is 15.9. The van der Waals surface area contributed by atoms with Gasteiger partial charge in [0.25, 0.3) is 5.91 Å². The van der Waals surface area contributed by atoms with Crippen molar-refractivity contribution in [3.63, 3.8) is 0 Å². The van der Waals surface area contributed by atoms with Gasteiger partial charge in [-0.3, -0.25) is 4.79 Å². The number of aryl methyl sites for hydroxylation is 1. The van der Waals surface area contributed by atoms with Gasteiger partial charge in [0.2, 0.25) is 0 Å². The Kier molecular flexibility index (Phi) is 5.26. The molecule has 0 aliphatic carbocycles. The van der Waals surface area contributed by atoms with Crippen molar-refractivity contribution in [2.24, 2.45) is 0 Å². The van der Waals surface area contributed by atoms with Crippen molar-refractivity contribution < 1.29 is 22.7 Å². The van der Waals surface area contributed by atoms with Crippen molar-refractivity contribution >= 4 is 17.4 Å². The van der Waals surface area contributed by atoms with E-state index in [1.807, 2.05) is 24.3 Å². The van der Waals surface area contributed by atoms with E-state index in [1.165, 1.54) is 13.3 Å². The smallest absolute Gasteiger partial charge is 0.410 e. The molecule has 0 unspecified atom stereocenters. The summed E-state index contributed by atoms with van der Waals surface area (Å²) < 4.78 is 48.4. The number of anilines is 2. The zero-order chi connectivity index (χ0) is 23.2. The number of nitrogens with one attached hydrogen (secondary N) is 1. The van der Waals surface area contributed by atoms with Crippen LogP contribution in [-0.4, -0.2) is 35.5 Å². The molecule has 1 amide bonds. The molecule has 0 fully saturated rings. The van der Waals surface area contributed by atoms with Gasteiger partial charge in [-0.05, 0) is 30.5 Å². The highest BCUT2D eigenvalue weighted by Crippen LogP contribution is 2.46. The number of halogens is 3. The van der Waals surface area contributed by atoms with Gasteiger partial charge in [0.05, 0.1) is 19.3 Å². The van der Waals surface area contributed by atoms with Crippen molar-refractivity contribution in [1.82, 2.24) is 9.78 Å². The Morgan fingerprint density at radius 3 is 2.70 bits per heavy atom. The van der Waals surface area contributed by atoms with Crippen LogP contribution >= 0.6 is 0 Å². The molecule has 2 aliphatic rings. The van der Waals surface area contributed by atoms with E-state index in [0.29, 0.717) is 17.9 Å². The van der Waals surface area contributed by atoms with Crippen molar-refractivity contribution in [1.29, 1.82) is 0 Å². The molecule has 0 saturated carbocycles. The van der Waals surface area contributed by atoms with E-state index in [2.05, 4.69) is 10.4 Å². The van der Waals surface area contributed by atoms with E-state index in [1.54, 1.807) is 29.2 Å². The molecule has 9 heteroatoms. The highest BCUT2D eigenvalue weighted by Gasteiger charge is 2.48. The lowest BCUT2D eigenvalue weighted by Crippen LogP contribution is -2.38. The standard InChI is InChI=1S/C24H23F3N4O2/c1-33-20-11-5-3-9-16(20)18-13-21(24(25,26)27)31-22(29-18)17(14-28-31)23(32)30-12-6-8-15-7-2-4-10-19(15)30/h2-5,7,9-11,14,18,21,29H,6,8,12-13H2,1H3/t18-,21-/m1/s1. The average Bonchev–Trinajstić information content (AvgIpc) is 3.26. The zero-order valence-corrected chi connectivity index (χ0v) is 18.0. The van der Waals surface area contributed by atoms with Gasteiger partial charge >= 0.3 is 6.18 Å². The maximum Gasteiger partial charge on any atom is 0.410 e. The minimum Gasteiger partial charge on any atom is -0.496 e. The normalized spacial score (nSPS) is 19.9. The van der Waals surface area contributed by atoms with Crippen LogP contribution < -0.4 is 15.0 Å². The van der Waals surface area contributed by atoms with Gasteiger partial charge in [0.15, 0.2) is 6.04 Å². The summed E-state index contributed by atoms with van der Waals surface area (Å²) in [5.41, 5.74) is 2.56. The van der Waals surface area contributed by atoms with Crippen LogP contribution in [0.1, 0.15) is 46.4 Å². The molecule has 0 radical (unpaired) electrons. The number of alkyl halides is 3. The first-order valence-corrected chi connectivity index (χ1v) is 10.8. The van der Waals surface area contributed by atoms with Crippen LogP contribution in [-0.2, 0) is 6.42 Å². The Morgan fingerprint density at radius 1 is 1.15 bits per heavy atom. The number of carbonyl (C=O) groups is 1. The van der Waals surface area contributed by atoms with Gasteiger partial charge in [0, 0.05) is 24.2 Å². The van der Waals surface area contributed by atoms with Crippen LogP contribution in [0.25, 0.3) is 0 Å². The molecular formula is C24H23F3N4O2. The van der Waals surface area contributed by atoms with Crippen LogP contribution in [0.2, 0.25) is 0 Å². The number of aromatic nitrogens is 2. The highest BCUT2D eigenvalue weighted by atomic mass is 19.4. The largest absolute Gasteiger partial charge is 0.496 e. The number of nitrogens with zero attached hydrogens (tertiary/aromatic N) is 3. The summed E-state index contributed by atoms with van der Waals surface area (Å²) in [6, 6.07) is 12.0. The Hall–Kier alpha value is -3.49. The van der Waals surface area contributed by atoms with Crippen molar-refractivity contribution in [3.8, 4) is 5.75 Å². The lowest BCUT2D eigenvalue weighted by molar-refractivity contribution is -0.173. The fraction of sp³-hybridized carbons (Fsp3) is 0.333. The van der Waals surface area contributed by atoms with E-state index in [9.17, 15) is 18.0 Å². The van der Waals surface area contributed by atoms with E-state index in [-0.39, 0.29) is 23.7 Å². The quantitative estimate of drug-likeness (QED) is 0.593. The molecule has 0 bridgehead atoms. The minimum absolute atomic E-state index is 0.0764. The summed E-state index contributed by atoms with van der Waals surface area (Å²) in [4.78, 5) is 15.2. The number of amides is 1. The molecule has 172 valence electrons. The number of methoxy groups -OCH3 is 1. The summed E-state index contributed by atoms with van der Waals surface area (Å²) in [6.45, 7) is 0.499. The molecule has 33 heavy (non-hydrogen) atoms. The van der Waals surface area contributed by atoms with Gasteiger partial charge in [-0.15, -0.1) is 0 Å². The van der Waals surface area contributed by atoms with Crippen LogP contribution in [0.3, 0.4) is 0 Å². The number of hydrogen-bond acceptors (Lipinski definition) is 4. The number of fused-ring (bicyclic) bond motifs is 2. The lowest BCUT2D eigenvalue weighted by Gasteiger charge is -2.35. The van der Waals surface area contributed by atoms with Gasteiger partial charge in [0.1, 0.15) is 17.1 Å². The van der Waals surface area contributed by atoms with Crippen LogP contribution in [0.15, 0.2) is 54.7 Å². The summed E-state index contributed by atoms with van der Waals surface area (Å²) in [7, 11) is 1.48. The molecule has 3 aromatic rings. The van der Waals surface area contributed by atoms with E-state index >= 15 is 0 Å². The first-order valence-electron chi connectivity index (χ1n) is 10.8. The summed E-state index contributed by atoms with van der Waals surface area (Å²) in [6.07, 6.45) is -1.91. The van der Waals surface area contributed by atoms with Gasteiger partial charge in [-0.2, -0.15) is 18.3 Å². The number of benzene rings is 2. The zero-order valence-electron chi connectivity index (χ0n) is 18.0. The van der Waals surface area contributed by atoms with Gasteiger partial charge in [-0.1, -0.05) is 36.4 Å². The molecule has 2 atom stereocenters. The summed E-state index contributed by atoms with van der Waals surface area (Å²) in [5, 5.41) is 7.16. The summed E-state index contributed by atoms with van der Waals surface area (Å²) in [5.74, 6) is 0.201. The average molecular weight is 456 g/mol. The molecule has 0 saturated heterocycles. The summed E-state index contributed by atoms with van der Waals surface area (Å²) >= 11 is 0. The van der Waals surface area contributed by atoms with Gasteiger partial charge in [-0.25, -0.2) is 4.68 Å². The maximum absolute atomic E-state index is 14.0. The van der Waals surface area contributed by atoms with Crippen molar-refractivity contribution in [2.75, 3.05) is 23.9 Å². The number of hydrogen-bond donors (Lipinski definition) is 1. The Labute approximate surface area is 189 Å². The lowest BCUT2D eigenvalue weighted by atomic mass is 9.95. The second-order valence-electron chi connectivity index (χ2n) is 8.27. The Balaban J connectivity index is 1.56. The molecule has 1 aromatic heterocycles. The second kappa shape index (κ2) is 8.13. The first kappa shape index (κ1) is 21.4. The van der Waals surface area contributed by atoms with Crippen LogP contribution in [0.4, 0.5) is 24.7 Å². The molecule has 3 heterocycles. The van der Waals surface area contributed by atoms with Crippen molar-refractivity contribution in [2.45, 2.75) is 37.5 Å². The third kappa shape index (κ3) is 3.71.